The first-order chi connectivity index (χ1) is 12.8. The molecule has 7 nitrogen and oxygen atoms in total. The molecule has 3 rings (SSSR count). The van der Waals surface area contributed by atoms with Gasteiger partial charge in [0.05, 0.1) is 16.1 Å². The van der Waals surface area contributed by atoms with Gasteiger partial charge in [-0.1, -0.05) is 23.2 Å². The molecule has 0 spiro atoms. The first-order valence-electron chi connectivity index (χ1n) is 7.77. The van der Waals surface area contributed by atoms with Crippen molar-refractivity contribution in [2.75, 3.05) is 5.32 Å². The number of carbonyl (C=O) groups excluding carboxylic acids is 1. The Bertz CT molecular complexity index is 1080. The summed E-state index contributed by atoms with van der Waals surface area (Å²) in [5, 5.41) is 6.28. The fraction of sp³-hybridized carbons (Fsp3) is 0.118. The highest BCUT2D eigenvalue weighted by Crippen LogP contribution is 2.28. The maximum Gasteiger partial charge on any atom is 0.323 e. The van der Waals surface area contributed by atoms with Gasteiger partial charge in [0.15, 0.2) is 11.2 Å². The zero-order chi connectivity index (χ0) is 19.6. The van der Waals surface area contributed by atoms with E-state index in [1.54, 1.807) is 37.3 Å². The summed E-state index contributed by atoms with van der Waals surface area (Å²) < 4.78 is 5.54. The van der Waals surface area contributed by atoms with Crippen molar-refractivity contribution in [3.8, 4) is 5.75 Å². The summed E-state index contributed by atoms with van der Waals surface area (Å²) >= 11 is 17.0. The van der Waals surface area contributed by atoms with Crippen molar-refractivity contribution in [2.24, 2.45) is 0 Å². The zero-order valence-electron chi connectivity index (χ0n) is 13.9. The van der Waals surface area contributed by atoms with E-state index in [1.165, 1.54) is 6.07 Å². The molecule has 10 heteroatoms. The highest BCUT2D eigenvalue weighted by molar-refractivity contribution is 7.80. The van der Waals surface area contributed by atoms with Gasteiger partial charge in [-0.15, -0.1) is 0 Å². The van der Waals surface area contributed by atoms with Crippen LogP contribution in [0.25, 0.3) is 11.0 Å². The SMILES string of the molecule is C[C@H](Oc1ccc(Cl)cc1Cl)C(=O)NC(=S)Nc1ccc2[nH]c(=O)[nH]c2c1. The van der Waals surface area contributed by atoms with Crippen LogP contribution < -0.4 is 21.1 Å². The van der Waals surface area contributed by atoms with Crippen LogP contribution in [0.5, 0.6) is 5.75 Å². The first-order valence-corrected chi connectivity index (χ1v) is 8.94. The van der Waals surface area contributed by atoms with Crippen molar-refractivity contribution in [3.05, 3.63) is 56.9 Å². The third-order valence-corrected chi connectivity index (χ3v) is 4.31. The molecule has 0 radical (unpaired) electrons. The monoisotopic (exact) mass is 424 g/mol. The van der Waals surface area contributed by atoms with Gasteiger partial charge in [-0.05, 0) is 55.5 Å². The van der Waals surface area contributed by atoms with E-state index >= 15 is 0 Å². The molecule has 0 bridgehead atoms. The zero-order valence-corrected chi connectivity index (χ0v) is 16.3. The molecule has 0 saturated carbocycles. The molecule has 27 heavy (non-hydrogen) atoms. The minimum atomic E-state index is -0.841. The number of thiocarbonyl (C=S) groups is 1. The molecule has 1 atom stereocenters. The van der Waals surface area contributed by atoms with Gasteiger partial charge in [-0.3, -0.25) is 10.1 Å². The number of carbonyl (C=O) groups is 1. The standard InChI is InChI=1S/C17H14Cl2N4O3S/c1-8(26-14-5-2-9(18)6-11(14)19)15(24)23-17(27)20-10-3-4-12-13(7-10)22-16(25)21-12/h2-8H,1H3,(H2,21,22,25)(H2,20,23,24,27)/t8-/m0/s1. The van der Waals surface area contributed by atoms with Crippen LogP contribution in [-0.4, -0.2) is 27.1 Å². The van der Waals surface area contributed by atoms with Crippen molar-refractivity contribution in [1.29, 1.82) is 0 Å². The molecule has 0 aliphatic carbocycles. The minimum Gasteiger partial charge on any atom is -0.479 e. The predicted octanol–water partition coefficient (Wildman–Crippen LogP) is 3.44. The first kappa shape index (κ1) is 19.2. The number of nitrogens with one attached hydrogen (secondary N) is 4. The normalized spacial score (nSPS) is 11.8. The Morgan fingerprint density at radius 2 is 1.89 bits per heavy atom. The lowest BCUT2D eigenvalue weighted by molar-refractivity contribution is -0.125. The molecule has 0 aliphatic heterocycles. The molecule has 1 aromatic heterocycles. The van der Waals surface area contributed by atoms with Crippen molar-refractivity contribution in [2.45, 2.75) is 13.0 Å². The molecule has 4 N–H and O–H groups in total. The van der Waals surface area contributed by atoms with E-state index in [9.17, 15) is 9.59 Å². The van der Waals surface area contributed by atoms with E-state index in [0.717, 1.165) is 0 Å². The van der Waals surface area contributed by atoms with Gasteiger partial charge in [-0.2, -0.15) is 0 Å². The van der Waals surface area contributed by atoms with Gasteiger partial charge in [-0.25, -0.2) is 4.79 Å². The molecule has 140 valence electrons. The number of benzene rings is 2. The van der Waals surface area contributed by atoms with Gasteiger partial charge in [0.2, 0.25) is 0 Å². The number of hydrogen-bond acceptors (Lipinski definition) is 4. The lowest BCUT2D eigenvalue weighted by Crippen LogP contribution is -2.42. The predicted molar refractivity (Wildman–Crippen MR) is 110 cm³/mol. The Morgan fingerprint density at radius 3 is 2.63 bits per heavy atom. The van der Waals surface area contributed by atoms with Gasteiger partial charge in [0, 0.05) is 10.7 Å². The summed E-state index contributed by atoms with van der Waals surface area (Å²) in [7, 11) is 0. The van der Waals surface area contributed by atoms with Crippen LogP contribution in [0.3, 0.4) is 0 Å². The third kappa shape index (κ3) is 4.79. The van der Waals surface area contributed by atoms with Gasteiger partial charge in [0.25, 0.3) is 5.91 Å². The van der Waals surface area contributed by atoms with Crippen LogP contribution in [0.15, 0.2) is 41.2 Å². The lowest BCUT2D eigenvalue weighted by atomic mass is 10.3. The van der Waals surface area contributed by atoms with Crippen molar-refractivity contribution >= 4 is 63.2 Å². The van der Waals surface area contributed by atoms with Crippen LogP contribution in [-0.2, 0) is 4.79 Å². The number of imidazole rings is 1. The van der Waals surface area contributed by atoms with Crippen molar-refractivity contribution in [1.82, 2.24) is 15.3 Å². The lowest BCUT2D eigenvalue weighted by Gasteiger charge is -2.16. The molecule has 1 amide bonds. The van der Waals surface area contributed by atoms with Gasteiger partial charge >= 0.3 is 5.69 Å². The molecule has 0 saturated heterocycles. The van der Waals surface area contributed by atoms with Crippen LogP contribution >= 0.6 is 35.4 Å². The third-order valence-electron chi connectivity index (χ3n) is 3.58. The van der Waals surface area contributed by atoms with Crippen LogP contribution in [0.1, 0.15) is 6.92 Å². The number of H-pyrrole nitrogens is 2. The molecular weight excluding hydrogens is 411 g/mol. The van der Waals surface area contributed by atoms with Crippen LogP contribution in [0.4, 0.5) is 5.69 Å². The summed E-state index contributed by atoms with van der Waals surface area (Å²) in [6, 6.07) is 9.85. The average molecular weight is 425 g/mol. The Labute approximate surface area is 169 Å². The molecule has 3 aromatic rings. The van der Waals surface area contributed by atoms with Crippen LogP contribution in [0, 0.1) is 0 Å². The number of rotatable bonds is 4. The number of fused-ring (bicyclic) bond motifs is 1. The fourth-order valence-corrected chi connectivity index (χ4v) is 2.97. The second kappa shape index (κ2) is 7.99. The number of ether oxygens (including phenoxy) is 1. The van der Waals surface area contributed by atoms with E-state index in [1.807, 2.05) is 0 Å². The summed E-state index contributed by atoms with van der Waals surface area (Å²) in [5.41, 5.74) is 1.60. The molecule has 0 unspecified atom stereocenters. The number of amides is 1. The molecule has 1 heterocycles. The fourth-order valence-electron chi connectivity index (χ4n) is 2.30. The topological polar surface area (TPSA) is 99.0 Å². The summed E-state index contributed by atoms with van der Waals surface area (Å²) in [6.07, 6.45) is -0.841. The van der Waals surface area contributed by atoms with Gasteiger partial charge in [0.1, 0.15) is 5.75 Å². The highest BCUT2D eigenvalue weighted by atomic mass is 35.5. The van der Waals surface area contributed by atoms with E-state index in [0.29, 0.717) is 32.5 Å². The second-order valence-electron chi connectivity index (χ2n) is 5.62. The molecule has 0 fully saturated rings. The van der Waals surface area contributed by atoms with E-state index in [2.05, 4.69) is 20.6 Å². The Morgan fingerprint density at radius 1 is 1.15 bits per heavy atom. The largest absolute Gasteiger partial charge is 0.479 e. The summed E-state index contributed by atoms with van der Waals surface area (Å²) in [5.74, 6) is -0.112. The van der Waals surface area contributed by atoms with Crippen molar-refractivity contribution < 1.29 is 9.53 Å². The van der Waals surface area contributed by atoms with E-state index < -0.39 is 12.0 Å². The Kier molecular flexibility index (Phi) is 5.69. The number of halogens is 2. The Hall–Kier alpha value is -2.55. The quantitative estimate of drug-likeness (QED) is 0.480. The van der Waals surface area contributed by atoms with E-state index in [4.69, 9.17) is 40.2 Å². The van der Waals surface area contributed by atoms with Crippen LogP contribution in [0.2, 0.25) is 10.0 Å². The Balaban J connectivity index is 1.60. The van der Waals surface area contributed by atoms with Crippen molar-refractivity contribution in [3.63, 3.8) is 0 Å². The van der Waals surface area contributed by atoms with E-state index in [-0.39, 0.29) is 10.8 Å². The van der Waals surface area contributed by atoms with Gasteiger partial charge < -0.3 is 20.0 Å². The number of anilines is 1. The number of aromatic amines is 2. The summed E-state index contributed by atoms with van der Waals surface area (Å²) in [4.78, 5) is 28.8. The molecule has 0 aliphatic rings. The molecule has 2 aromatic carbocycles. The average Bonchev–Trinajstić information content (AvgIpc) is 2.96. The number of hydrogen-bond donors (Lipinski definition) is 4. The summed E-state index contributed by atoms with van der Waals surface area (Å²) in [6.45, 7) is 1.57. The molecular formula is C17H14Cl2N4O3S. The second-order valence-corrected chi connectivity index (χ2v) is 6.87. The maximum atomic E-state index is 12.3. The minimum absolute atomic E-state index is 0.0925. The maximum absolute atomic E-state index is 12.3. The highest BCUT2D eigenvalue weighted by Gasteiger charge is 2.17. The smallest absolute Gasteiger partial charge is 0.323 e. The number of aromatic nitrogens is 2.